The molecule has 0 aliphatic rings. The molecular formula is C19H24N2O3. The van der Waals surface area contributed by atoms with E-state index >= 15 is 0 Å². The zero-order chi connectivity index (χ0) is 17.4. The molecule has 24 heavy (non-hydrogen) atoms. The topological polar surface area (TPSA) is 84.6 Å². The quantitative estimate of drug-likeness (QED) is 0.509. The molecule has 0 bridgehead atoms. The first-order valence-electron chi connectivity index (χ1n) is 8.18. The van der Waals surface area contributed by atoms with Gasteiger partial charge in [0.1, 0.15) is 11.5 Å². The number of benzene rings is 2. The van der Waals surface area contributed by atoms with Crippen LogP contribution in [0, 0.1) is 0 Å². The Morgan fingerprint density at radius 1 is 1.25 bits per heavy atom. The van der Waals surface area contributed by atoms with Crippen LogP contribution < -0.4 is 15.8 Å². The second kappa shape index (κ2) is 8.82. The molecule has 0 heterocycles. The van der Waals surface area contributed by atoms with Crippen molar-refractivity contribution in [2.45, 2.75) is 32.6 Å². The molecule has 0 aromatic heterocycles. The van der Waals surface area contributed by atoms with E-state index in [2.05, 4.69) is 12.2 Å². The number of nitrogens with two attached hydrogens (primary N) is 1. The monoisotopic (exact) mass is 328 g/mol. The zero-order valence-corrected chi connectivity index (χ0v) is 13.9. The van der Waals surface area contributed by atoms with Crippen LogP contribution in [0.4, 0.5) is 11.4 Å². The van der Waals surface area contributed by atoms with E-state index in [1.165, 1.54) is 6.07 Å². The van der Waals surface area contributed by atoms with E-state index in [0.29, 0.717) is 36.6 Å². The Kier molecular flexibility index (Phi) is 6.49. The number of rotatable bonds is 8. The summed E-state index contributed by atoms with van der Waals surface area (Å²) in [7, 11) is 0. The normalized spacial score (nSPS) is 10.4. The van der Waals surface area contributed by atoms with Crippen LogP contribution >= 0.6 is 0 Å². The van der Waals surface area contributed by atoms with Crippen molar-refractivity contribution in [1.82, 2.24) is 0 Å². The van der Waals surface area contributed by atoms with Crippen LogP contribution in [0.2, 0.25) is 0 Å². The smallest absolute Gasteiger partial charge is 0.224 e. The van der Waals surface area contributed by atoms with Gasteiger partial charge < -0.3 is 20.9 Å². The molecule has 5 nitrogen and oxygen atoms in total. The first kappa shape index (κ1) is 17.7. The molecule has 1 amide bonds. The molecule has 0 spiro atoms. The number of carbonyl (C=O) groups is 1. The van der Waals surface area contributed by atoms with Gasteiger partial charge in [-0.3, -0.25) is 4.79 Å². The molecular weight excluding hydrogens is 304 g/mol. The van der Waals surface area contributed by atoms with E-state index in [-0.39, 0.29) is 11.7 Å². The van der Waals surface area contributed by atoms with Gasteiger partial charge in [-0.15, -0.1) is 0 Å². The number of phenols is 1. The van der Waals surface area contributed by atoms with E-state index < -0.39 is 0 Å². The van der Waals surface area contributed by atoms with E-state index in [1.54, 1.807) is 18.2 Å². The molecule has 0 radical (unpaired) electrons. The highest BCUT2D eigenvalue weighted by Crippen LogP contribution is 2.23. The lowest BCUT2D eigenvalue weighted by Gasteiger charge is -2.10. The summed E-state index contributed by atoms with van der Waals surface area (Å²) in [6.45, 7) is 2.77. The highest BCUT2D eigenvalue weighted by Gasteiger charge is 2.06. The third kappa shape index (κ3) is 5.50. The van der Waals surface area contributed by atoms with Gasteiger partial charge in [-0.25, -0.2) is 0 Å². The molecule has 128 valence electrons. The van der Waals surface area contributed by atoms with Crippen molar-refractivity contribution in [2.24, 2.45) is 0 Å². The summed E-state index contributed by atoms with van der Waals surface area (Å²) in [6, 6.07) is 12.1. The fourth-order valence-electron chi connectivity index (χ4n) is 2.28. The Morgan fingerprint density at radius 2 is 2.08 bits per heavy atom. The molecule has 0 aliphatic carbocycles. The van der Waals surface area contributed by atoms with E-state index in [9.17, 15) is 9.90 Å². The molecule has 2 rings (SSSR count). The van der Waals surface area contributed by atoms with Crippen LogP contribution in [0.25, 0.3) is 0 Å². The summed E-state index contributed by atoms with van der Waals surface area (Å²) in [5.41, 5.74) is 8.16. The molecule has 0 saturated carbocycles. The number of ether oxygens (including phenoxy) is 1. The van der Waals surface area contributed by atoms with Gasteiger partial charge in [0.15, 0.2) is 0 Å². The molecule has 2 aromatic rings. The van der Waals surface area contributed by atoms with Crippen molar-refractivity contribution in [2.75, 3.05) is 17.7 Å². The fourth-order valence-corrected chi connectivity index (χ4v) is 2.28. The first-order chi connectivity index (χ1) is 11.6. The number of aryl methyl sites for hydroxylation is 1. The summed E-state index contributed by atoms with van der Waals surface area (Å²) < 4.78 is 5.62. The largest absolute Gasteiger partial charge is 0.508 e. The van der Waals surface area contributed by atoms with Crippen LogP contribution in [0.5, 0.6) is 11.5 Å². The number of hydrogen-bond acceptors (Lipinski definition) is 4. The number of phenolic OH excluding ortho intramolecular Hbond substituents is 1. The van der Waals surface area contributed by atoms with Gasteiger partial charge in [-0.1, -0.05) is 25.5 Å². The Labute approximate surface area is 142 Å². The molecule has 0 fully saturated rings. The fraction of sp³-hybridized carbons (Fsp3) is 0.316. The summed E-state index contributed by atoms with van der Waals surface area (Å²) in [5.74, 6) is 0.707. The molecule has 0 aliphatic heterocycles. The summed E-state index contributed by atoms with van der Waals surface area (Å²) in [4.78, 5) is 12.0. The lowest BCUT2D eigenvalue weighted by Crippen LogP contribution is -2.12. The number of carbonyl (C=O) groups excluding carboxylic acids is 1. The average molecular weight is 328 g/mol. The number of nitrogen functional groups attached to an aromatic ring is 1. The number of hydrogen-bond donors (Lipinski definition) is 3. The van der Waals surface area contributed by atoms with Gasteiger partial charge in [-0.05, 0) is 42.7 Å². The summed E-state index contributed by atoms with van der Waals surface area (Å²) >= 11 is 0. The van der Waals surface area contributed by atoms with Gasteiger partial charge in [-0.2, -0.15) is 0 Å². The SMILES string of the molecule is CCCCOc1ccc(CCC(=O)Nc2cccc(O)c2)cc1N. The highest BCUT2D eigenvalue weighted by molar-refractivity contribution is 5.91. The van der Waals surface area contributed by atoms with Crippen molar-refractivity contribution in [1.29, 1.82) is 0 Å². The lowest BCUT2D eigenvalue weighted by molar-refractivity contribution is -0.116. The maximum Gasteiger partial charge on any atom is 0.224 e. The number of anilines is 2. The van der Waals surface area contributed by atoms with Crippen molar-refractivity contribution in [3.8, 4) is 11.5 Å². The predicted octanol–water partition coefficient (Wildman–Crippen LogP) is 3.72. The third-order valence-electron chi connectivity index (χ3n) is 3.60. The Balaban J connectivity index is 1.85. The minimum absolute atomic E-state index is 0.109. The van der Waals surface area contributed by atoms with Gasteiger partial charge in [0.05, 0.1) is 12.3 Å². The number of nitrogens with one attached hydrogen (secondary N) is 1. The van der Waals surface area contributed by atoms with Crippen molar-refractivity contribution in [3.63, 3.8) is 0 Å². The highest BCUT2D eigenvalue weighted by atomic mass is 16.5. The molecule has 0 atom stereocenters. The number of amides is 1. The van der Waals surface area contributed by atoms with Crippen molar-refractivity contribution in [3.05, 3.63) is 48.0 Å². The molecule has 0 unspecified atom stereocenters. The van der Waals surface area contributed by atoms with E-state index in [4.69, 9.17) is 10.5 Å². The molecule has 4 N–H and O–H groups in total. The first-order valence-corrected chi connectivity index (χ1v) is 8.18. The minimum Gasteiger partial charge on any atom is -0.508 e. The van der Waals surface area contributed by atoms with Gasteiger partial charge in [0, 0.05) is 18.2 Å². The predicted molar refractivity (Wildman–Crippen MR) is 96.3 cm³/mol. The van der Waals surface area contributed by atoms with Gasteiger partial charge in [0.2, 0.25) is 5.91 Å². The van der Waals surface area contributed by atoms with Gasteiger partial charge in [0.25, 0.3) is 0 Å². The van der Waals surface area contributed by atoms with Crippen LogP contribution in [0.15, 0.2) is 42.5 Å². The average Bonchev–Trinajstić information content (AvgIpc) is 2.55. The standard InChI is InChI=1S/C19H24N2O3/c1-2-3-11-24-18-9-7-14(12-17(18)20)8-10-19(23)21-15-5-4-6-16(22)13-15/h4-7,9,12-13,22H,2-3,8,10-11,20H2,1H3,(H,21,23). The Bertz CT molecular complexity index is 686. The number of aromatic hydroxyl groups is 1. The Hall–Kier alpha value is -2.69. The van der Waals surface area contributed by atoms with Crippen LogP contribution in [-0.4, -0.2) is 17.6 Å². The third-order valence-corrected chi connectivity index (χ3v) is 3.60. The minimum atomic E-state index is -0.109. The maximum atomic E-state index is 12.0. The lowest BCUT2D eigenvalue weighted by atomic mass is 10.1. The van der Waals surface area contributed by atoms with Crippen LogP contribution in [0.1, 0.15) is 31.7 Å². The summed E-state index contributed by atoms with van der Waals surface area (Å²) in [6.07, 6.45) is 3.00. The van der Waals surface area contributed by atoms with Crippen LogP contribution in [0.3, 0.4) is 0 Å². The molecule has 2 aromatic carbocycles. The summed E-state index contributed by atoms with van der Waals surface area (Å²) in [5, 5.41) is 12.1. The molecule has 0 saturated heterocycles. The van der Waals surface area contributed by atoms with Crippen LogP contribution in [-0.2, 0) is 11.2 Å². The van der Waals surface area contributed by atoms with Crippen molar-refractivity contribution < 1.29 is 14.6 Å². The zero-order valence-electron chi connectivity index (χ0n) is 13.9. The van der Waals surface area contributed by atoms with Gasteiger partial charge >= 0.3 is 0 Å². The van der Waals surface area contributed by atoms with Crippen molar-refractivity contribution >= 4 is 17.3 Å². The van der Waals surface area contributed by atoms with E-state index in [0.717, 1.165) is 18.4 Å². The van der Waals surface area contributed by atoms with E-state index in [1.807, 2.05) is 18.2 Å². The number of unbranched alkanes of at least 4 members (excludes halogenated alkanes) is 1. The second-order valence-electron chi connectivity index (χ2n) is 5.67. The second-order valence-corrected chi connectivity index (χ2v) is 5.67. The maximum absolute atomic E-state index is 12.0. The molecule has 5 heteroatoms. The Morgan fingerprint density at radius 3 is 2.79 bits per heavy atom.